The minimum absolute atomic E-state index is 0.727. The predicted octanol–water partition coefficient (Wildman–Crippen LogP) is 2.39. The van der Waals surface area contributed by atoms with Crippen LogP contribution in [0.4, 0.5) is 5.82 Å². The lowest BCUT2D eigenvalue weighted by Crippen LogP contribution is -2.07. The van der Waals surface area contributed by atoms with Gasteiger partial charge in [0.05, 0.1) is 12.7 Å². The van der Waals surface area contributed by atoms with E-state index in [0.29, 0.717) is 0 Å². The van der Waals surface area contributed by atoms with Crippen LogP contribution in [0, 0.1) is 0 Å². The molecule has 1 aromatic carbocycles. The number of anilines is 1. The standard InChI is InChI=1S/C13H15N3/c14-13-7-8-15-16(13)9-11-3-1-2-4-12(11)10-5-6-10/h1-4,7-8,10H,5-6,9,14H2. The van der Waals surface area contributed by atoms with E-state index in [1.54, 1.807) is 6.20 Å². The van der Waals surface area contributed by atoms with Gasteiger partial charge in [0.15, 0.2) is 0 Å². The first-order valence-corrected chi connectivity index (χ1v) is 5.69. The van der Waals surface area contributed by atoms with Gasteiger partial charge in [-0.05, 0) is 36.0 Å². The SMILES string of the molecule is Nc1ccnn1Cc1ccccc1C1CC1. The first kappa shape index (κ1) is 9.46. The van der Waals surface area contributed by atoms with Crippen molar-refractivity contribution in [3.8, 4) is 0 Å². The Hall–Kier alpha value is -1.77. The Labute approximate surface area is 94.9 Å². The number of nitrogens with zero attached hydrogens (tertiary/aromatic N) is 2. The summed E-state index contributed by atoms with van der Waals surface area (Å²) in [7, 11) is 0. The van der Waals surface area contributed by atoms with Gasteiger partial charge in [0.1, 0.15) is 5.82 Å². The summed E-state index contributed by atoms with van der Waals surface area (Å²) in [6, 6.07) is 10.4. The van der Waals surface area contributed by atoms with E-state index in [-0.39, 0.29) is 0 Å². The minimum atomic E-state index is 0.727. The molecule has 1 fully saturated rings. The van der Waals surface area contributed by atoms with Gasteiger partial charge in [-0.3, -0.25) is 0 Å². The van der Waals surface area contributed by atoms with E-state index in [9.17, 15) is 0 Å². The van der Waals surface area contributed by atoms with Crippen molar-refractivity contribution in [2.75, 3.05) is 5.73 Å². The Kier molecular flexibility index (Phi) is 2.17. The van der Waals surface area contributed by atoms with Crippen LogP contribution in [0.25, 0.3) is 0 Å². The Bertz CT molecular complexity index is 497. The fraction of sp³-hybridized carbons (Fsp3) is 0.308. The number of nitrogen functional groups attached to an aromatic ring is 1. The second-order valence-corrected chi connectivity index (χ2v) is 4.39. The molecule has 2 N–H and O–H groups in total. The molecule has 1 aliphatic carbocycles. The molecule has 0 aliphatic heterocycles. The maximum atomic E-state index is 5.83. The zero-order valence-electron chi connectivity index (χ0n) is 9.13. The Morgan fingerprint density at radius 1 is 1.25 bits per heavy atom. The van der Waals surface area contributed by atoms with E-state index < -0.39 is 0 Å². The van der Waals surface area contributed by atoms with E-state index in [0.717, 1.165) is 18.3 Å². The van der Waals surface area contributed by atoms with Crippen molar-refractivity contribution < 1.29 is 0 Å². The molecule has 3 nitrogen and oxygen atoms in total. The molecule has 1 aliphatic rings. The smallest absolute Gasteiger partial charge is 0.122 e. The van der Waals surface area contributed by atoms with Gasteiger partial charge in [0, 0.05) is 0 Å². The zero-order chi connectivity index (χ0) is 11.0. The third-order valence-electron chi connectivity index (χ3n) is 3.14. The molecule has 3 rings (SSSR count). The fourth-order valence-corrected chi connectivity index (χ4v) is 2.11. The van der Waals surface area contributed by atoms with Crippen molar-refractivity contribution in [3.05, 3.63) is 47.7 Å². The fourth-order valence-electron chi connectivity index (χ4n) is 2.11. The molecule has 82 valence electrons. The van der Waals surface area contributed by atoms with E-state index in [2.05, 4.69) is 29.4 Å². The average molecular weight is 213 g/mol. The molecular formula is C13H15N3. The van der Waals surface area contributed by atoms with Crippen LogP contribution in [0.15, 0.2) is 36.5 Å². The molecule has 2 aromatic rings. The number of hydrogen-bond donors (Lipinski definition) is 1. The highest BCUT2D eigenvalue weighted by molar-refractivity contribution is 5.35. The van der Waals surface area contributed by atoms with Crippen molar-refractivity contribution in [2.45, 2.75) is 25.3 Å². The van der Waals surface area contributed by atoms with E-state index in [1.165, 1.54) is 24.0 Å². The second-order valence-electron chi connectivity index (χ2n) is 4.39. The molecule has 0 spiro atoms. The van der Waals surface area contributed by atoms with Gasteiger partial charge in [-0.15, -0.1) is 0 Å². The van der Waals surface area contributed by atoms with Gasteiger partial charge in [-0.2, -0.15) is 5.10 Å². The predicted molar refractivity (Wildman–Crippen MR) is 64.2 cm³/mol. The molecule has 0 amide bonds. The average Bonchev–Trinajstić information content (AvgIpc) is 3.06. The van der Waals surface area contributed by atoms with Crippen molar-refractivity contribution >= 4 is 5.82 Å². The lowest BCUT2D eigenvalue weighted by atomic mass is 10.0. The van der Waals surface area contributed by atoms with Gasteiger partial charge in [-0.1, -0.05) is 24.3 Å². The first-order chi connectivity index (χ1) is 7.84. The molecule has 0 bridgehead atoms. The molecule has 3 heteroatoms. The van der Waals surface area contributed by atoms with E-state index in [1.807, 2.05) is 10.7 Å². The van der Waals surface area contributed by atoms with Crippen LogP contribution in [0.3, 0.4) is 0 Å². The summed E-state index contributed by atoms with van der Waals surface area (Å²) in [5.74, 6) is 1.50. The summed E-state index contributed by atoms with van der Waals surface area (Å²) < 4.78 is 1.85. The maximum Gasteiger partial charge on any atom is 0.122 e. The quantitative estimate of drug-likeness (QED) is 0.850. The molecule has 16 heavy (non-hydrogen) atoms. The van der Waals surface area contributed by atoms with Crippen LogP contribution in [0.1, 0.15) is 29.9 Å². The number of rotatable bonds is 3. The highest BCUT2D eigenvalue weighted by Crippen LogP contribution is 2.41. The molecule has 0 saturated heterocycles. The third kappa shape index (κ3) is 1.69. The van der Waals surface area contributed by atoms with Crippen molar-refractivity contribution in [3.63, 3.8) is 0 Å². The molecule has 0 atom stereocenters. The topological polar surface area (TPSA) is 43.8 Å². The zero-order valence-corrected chi connectivity index (χ0v) is 9.13. The van der Waals surface area contributed by atoms with E-state index in [4.69, 9.17) is 5.73 Å². The van der Waals surface area contributed by atoms with Gasteiger partial charge in [0.25, 0.3) is 0 Å². The second kappa shape index (κ2) is 3.67. The summed E-state index contributed by atoms with van der Waals surface area (Å²) >= 11 is 0. The molecule has 0 unspecified atom stereocenters. The molecule has 1 saturated carbocycles. The largest absolute Gasteiger partial charge is 0.384 e. The summed E-state index contributed by atoms with van der Waals surface area (Å²) in [5.41, 5.74) is 8.65. The Morgan fingerprint density at radius 3 is 2.75 bits per heavy atom. The van der Waals surface area contributed by atoms with Gasteiger partial charge in [-0.25, -0.2) is 4.68 Å². The first-order valence-electron chi connectivity index (χ1n) is 5.69. The number of nitrogens with two attached hydrogens (primary N) is 1. The molecule has 0 radical (unpaired) electrons. The summed E-state index contributed by atoms with van der Waals surface area (Å²) in [6.07, 6.45) is 4.40. The molecule has 1 aromatic heterocycles. The lowest BCUT2D eigenvalue weighted by Gasteiger charge is -2.09. The number of hydrogen-bond acceptors (Lipinski definition) is 2. The summed E-state index contributed by atoms with van der Waals surface area (Å²) in [4.78, 5) is 0. The van der Waals surface area contributed by atoms with Crippen LogP contribution in [-0.4, -0.2) is 9.78 Å². The summed E-state index contributed by atoms with van der Waals surface area (Å²) in [6.45, 7) is 0.783. The third-order valence-corrected chi connectivity index (χ3v) is 3.14. The van der Waals surface area contributed by atoms with Crippen molar-refractivity contribution in [1.29, 1.82) is 0 Å². The highest BCUT2D eigenvalue weighted by atomic mass is 15.3. The summed E-state index contributed by atoms with van der Waals surface area (Å²) in [5, 5.41) is 4.22. The van der Waals surface area contributed by atoms with Gasteiger partial charge < -0.3 is 5.73 Å². The monoisotopic (exact) mass is 213 g/mol. The van der Waals surface area contributed by atoms with Crippen molar-refractivity contribution in [2.24, 2.45) is 0 Å². The van der Waals surface area contributed by atoms with Crippen LogP contribution in [0.2, 0.25) is 0 Å². The van der Waals surface area contributed by atoms with Crippen LogP contribution >= 0.6 is 0 Å². The maximum absolute atomic E-state index is 5.83. The van der Waals surface area contributed by atoms with Crippen LogP contribution in [-0.2, 0) is 6.54 Å². The van der Waals surface area contributed by atoms with Gasteiger partial charge >= 0.3 is 0 Å². The Balaban J connectivity index is 1.92. The van der Waals surface area contributed by atoms with Crippen molar-refractivity contribution in [1.82, 2.24) is 9.78 Å². The lowest BCUT2D eigenvalue weighted by molar-refractivity contribution is 0.691. The molecule has 1 heterocycles. The molecular weight excluding hydrogens is 198 g/mol. The highest BCUT2D eigenvalue weighted by Gasteiger charge is 2.25. The number of benzene rings is 1. The normalized spacial score (nSPS) is 15.2. The minimum Gasteiger partial charge on any atom is -0.384 e. The van der Waals surface area contributed by atoms with Gasteiger partial charge in [0.2, 0.25) is 0 Å². The van der Waals surface area contributed by atoms with Crippen LogP contribution < -0.4 is 5.73 Å². The number of aromatic nitrogens is 2. The van der Waals surface area contributed by atoms with Crippen LogP contribution in [0.5, 0.6) is 0 Å². The Morgan fingerprint density at radius 2 is 2.06 bits per heavy atom. The van der Waals surface area contributed by atoms with E-state index >= 15 is 0 Å².